The van der Waals surface area contributed by atoms with Crippen LogP contribution in [0.4, 0.5) is 5.69 Å². The molecule has 2 heterocycles. The molecule has 3 aromatic rings. The van der Waals surface area contributed by atoms with Crippen LogP contribution in [-0.2, 0) is 11.3 Å². The number of fused-ring (bicyclic) bond motifs is 1. The first-order valence-corrected chi connectivity index (χ1v) is 7.64. The number of pyridine rings is 1. The Morgan fingerprint density at radius 3 is 2.83 bits per heavy atom. The number of hydrogen-bond donors (Lipinski definition) is 1. The minimum atomic E-state index is -0.0704. The van der Waals surface area contributed by atoms with E-state index >= 15 is 0 Å². The van der Waals surface area contributed by atoms with Crippen molar-refractivity contribution in [2.24, 2.45) is 0 Å². The van der Waals surface area contributed by atoms with Crippen molar-refractivity contribution in [1.29, 1.82) is 0 Å². The Labute approximate surface area is 139 Å². The van der Waals surface area contributed by atoms with E-state index in [9.17, 15) is 4.79 Å². The molecule has 0 saturated heterocycles. The number of nitrogens with one attached hydrogen (secondary N) is 1. The molecule has 0 saturated carbocycles. The van der Waals surface area contributed by atoms with Gasteiger partial charge in [0, 0.05) is 12.7 Å². The lowest BCUT2D eigenvalue weighted by molar-refractivity contribution is -0.117. The Morgan fingerprint density at radius 1 is 1.26 bits per heavy atom. The van der Waals surface area contributed by atoms with Crippen LogP contribution in [-0.4, -0.2) is 33.8 Å². The molecule has 23 heavy (non-hydrogen) atoms. The average molecular weight is 329 g/mol. The number of rotatable bonds is 5. The number of halogens is 1. The quantitative estimate of drug-likeness (QED) is 0.783. The van der Waals surface area contributed by atoms with Crippen LogP contribution in [0.15, 0.2) is 54.9 Å². The van der Waals surface area contributed by atoms with Gasteiger partial charge in [0.2, 0.25) is 5.91 Å². The second-order valence-electron chi connectivity index (χ2n) is 5.43. The number of carbonyl (C=O) groups excluding carboxylic acids is 1. The van der Waals surface area contributed by atoms with Crippen molar-refractivity contribution in [2.75, 3.05) is 18.9 Å². The summed E-state index contributed by atoms with van der Waals surface area (Å²) in [6.07, 6.45) is 3.34. The van der Waals surface area contributed by atoms with E-state index in [-0.39, 0.29) is 5.91 Å². The van der Waals surface area contributed by atoms with Crippen molar-refractivity contribution in [2.45, 2.75) is 6.54 Å². The Kier molecular flexibility index (Phi) is 4.60. The van der Waals surface area contributed by atoms with Crippen LogP contribution in [0.25, 0.3) is 5.65 Å². The topological polar surface area (TPSA) is 49.6 Å². The Bertz CT molecular complexity index is 816. The van der Waals surface area contributed by atoms with Gasteiger partial charge in [-0.2, -0.15) is 0 Å². The van der Waals surface area contributed by atoms with E-state index in [2.05, 4.69) is 10.3 Å². The fraction of sp³-hybridized carbons (Fsp3) is 0.176. The highest BCUT2D eigenvalue weighted by atomic mass is 35.5. The van der Waals surface area contributed by atoms with Crippen molar-refractivity contribution < 1.29 is 4.79 Å². The summed E-state index contributed by atoms with van der Waals surface area (Å²) in [5, 5.41) is 3.39. The number of amides is 1. The minimum Gasteiger partial charge on any atom is -0.324 e. The second kappa shape index (κ2) is 6.81. The zero-order valence-corrected chi connectivity index (χ0v) is 13.5. The monoisotopic (exact) mass is 328 g/mol. The van der Waals surface area contributed by atoms with Crippen molar-refractivity contribution in [1.82, 2.24) is 14.3 Å². The summed E-state index contributed by atoms with van der Waals surface area (Å²) in [5.74, 6) is -0.0704. The highest BCUT2D eigenvalue weighted by Gasteiger charge is 2.09. The van der Waals surface area contributed by atoms with Crippen LogP contribution >= 0.6 is 11.6 Å². The summed E-state index contributed by atoms with van der Waals surface area (Å²) in [4.78, 5) is 18.3. The molecule has 118 valence electrons. The molecule has 5 nitrogen and oxygen atoms in total. The summed E-state index contributed by atoms with van der Waals surface area (Å²) in [6, 6.07) is 13.7. The van der Waals surface area contributed by atoms with Crippen LogP contribution in [0.2, 0.25) is 5.15 Å². The number of nitrogens with zero attached hydrogens (tertiary/aromatic N) is 3. The molecule has 0 aliphatic carbocycles. The van der Waals surface area contributed by atoms with Gasteiger partial charge in [0.05, 0.1) is 18.4 Å². The van der Waals surface area contributed by atoms with Crippen LogP contribution in [0.5, 0.6) is 0 Å². The molecule has 0 bridgehead atoms. The van der Waals surface area contributed by atoms with Crippen LogP contribution < -0.4 is 5.32 Å². The number of aromatic nitrogens is 2. The molecule has 1 N–H and O–H groups in total. The largest absolute Gasteiger partial charge is 0.324 e. The van der Waals surface area contributed by atoms with E-state index in [1.165, 1.54) is 5.56 Å². The molecule has 0 fully saturated rings. The van der Waals surface area contributed by atoms with Gasteiger partial charge >= 0.3 is 0 Å². The van der Waals surface area contributed by atoms with Crippen LogP contribution in [0.1, 0.15) is 5.56 Å². The van der Waals surface area contributed by atoms with Crippen LogP contribution in [0.3, 0.4) is 0 Å². The van der Waals surface area contributed by atoms with E-state index in [0.717, 1.165) is 12.2 Å². The molecule has 0 aliphatic heterocycles. The molecule has 1 amide bonds. The number of benzene rings is 1. The van der Waals surface area contributed by atoms with Gasteiger partial charge in [0.25, 0.3) is 0 Å². The first-order chi connectivity index (χ1) is 11.1. The number of imidazole rings is 1. The van der Waals surface area contributed by atoms with E-state index in [4.69, 9.17) is 11.6 Å². The third kappa shape index (κ3) is 3.88. The van der Waals surface area contributed by atoms with Gasteiger partial charge in [0.1, 0.15) is 10.8 Å². The minimum absolute atomic E-state index is 0.0704. The number of hydrogen-bond acceptors (Lipinski definition) is 3. The summed E-state index contributed by atoms with van der Waals surface area (Å²) in [5.41, 5.74) is 2.61. The van der Waals surface area contributed by atoms with Crippen molar-refractivity contribution >= 4 is 28.8 Å². The molecule has 0 aliphatic rings. The molecule has 0 unspecified atom stereocenters. The molecule has 0 atom stereocenters. The predicted octanol–water partition coefficient (Wildman–Crippen LogP) is 3.06. The molecular weight excluding hydrogens is 312 g/mol. The molecule has 6 heteroatoms. The lowest BCUT2D eigenvalue weighted by atomic mass is 10.2. The maximum atomic E-state index is 12.2. The standard InChI is InChI=1S/C17H17ClN4O/c1-21(10-13-5-3-2-4-6-13)12-17(23)20-14-7-8-16-19-9-15(18)22(16)11-14/h2-9,11H,10,12H2,1H3,(H,20,23). The molecule has 1 aromatic carbocycles. The van der Waals surface area contributed by atoms with Gasteiger partial charge < -0.3 is 5.32 Å². The van der Waals surface area contributed by atoms with Gasteiger partial charge in [-0.1, -0.05) is 41.9 Å². The van der Waals surface area contributed by atoms with E-state index in [1.54, 1.807) is 16.8 Å². The highest BCUT2D eigenvalue weighted by molar-refractivity contribution is 6.29. The van der Waals surface area contributed by atoms with Gasteiger partial charge in [-0.15, -0.1) is 0 Å². The second-order valence-corrected chi connectivity index (χ2v) is 5.82. The first kappa shape index (κ1) is 15.5. The zero-order chi connectivity index (χ0) is 16.2. The smallest absolute Gasteiger partial charge is 0.238 e. The van der Waals surface area contributed by atoms with Crippen LogP contribution in [0, 0.1) is 0 Å². The van der Waals surface area contributed by atoms with E-state index in [1.807, 2.05) is 54.4 Å². The normalized spacial score (nSPS) is 11.1. The Hall–Kier alpha value is -2.37. The summed E-state index contributed by atoms with van der Waals surface area (Å²) < 4.78 is 1.73. The lowest BCUT2D eigenvalue weighted by Gasteiger charge is -2.16. The van der Waals surface area contributed by atoms with Crippen molar-refractivity contribution in [3.05, 3.63) is 65.6 Å². The maximum absolute atomic E-state index is 12.2. The molecule has 2 aromatic heterocycles. The molecule has 0 radical (unpaired) electrons. The third-order valence-corrected chi connectivity index (χ3v) is 3.73. The number of likely N-dealkylation sites (N-methyl/N-ethyl adjacent to an activating group) is 1. The number of carbonyl (C=O) groups is 1. The summed E-state index contributed by atoms with van der Waals surface area (Å²) in [7, 11) is 1.92. The average Bonchev–Trinajstić information content (AvgIpc) is 2.89. The fourth-order valence-electron chi connectivity index (χ4n) is 2.42. The van der Waals surface area contributed by atoms with Gasteiger partial charge in [-0.05, 0) is 24.7 Å². The highest BCUT2D eigenvalue weighted by Crippen LogP contribution is 2.16. The maximum Gasteiger partial charge on any atom is 0.238 e. The van der Waals surface area contributed by atoms with Gasteiger partial charge in [-0.25, -0.2) is 4.98 Å². The van der Waals surface area contributed by atoms with Gasteiger partial charge in [0.15, 0.2) is 0 Å². The SMILES string of the molecule is CN(CC(=O)Nc1ccc2ncc(Cl)n2c1)Cc1ccccc1. The molecule has 3 rings (SSSR count). The van der Waals surface area contributed by atoms with Gasteiger partial charge in [-0.3, -0.25) is 14.1 Å². The number of anilines is 1. The van der Waals surface area contributed by atoms with Crippen molar-refractivity contribution in [3.8, 4) is 0 Å². The summed E-state index contributed by atoms with van der Waals surface area (Å²) in [6.45, 7) is 1.03. The first-order valence-electron chi connectivity index (χ1n) is 7.27. The Balaban J connectivity index is 1.60. The van der Waals surface area contributed by atoms with E-state index in [0.29, 0.717) is 17.4 Å². The molecule has 0 spiro atoms. The predicted molar refractivity (Wildman–Crippen MR) is 91.6 cm³/mol. The zero-order valence-electron chi connectivity index (χ0n) is 12.7. The lowest BCUT2D eigenvalue weighted by Crippen LogP contribution is -2.29. The molecular formula is C17H17ClN4O. The van der Waals surface area contributed by atoms with Crippen molar-refractivity contribution in [3.63, 3.8) is 0 Å². The fourth-order valence-corrected chi connectivity index (χ4v) is 2.61. The Morgan fingerprint density at radius 2 is 2.04 bits per heavy atom. The van der Waals surface area contributed by atoms with E-state index < -0.39 is 0 Å². The summed E-state index contributed by atoms with van der Waals surface area (Å²) >= 11 is 6.04. The third-order valence-electron chi connectivity index (χ3n) is 3.45.